The van der Waals surface area contributed by atoms with Gasteiger partial charge in [-0.2, -0.15) is 0 Å². The first-order valence-electron chi connectivity index (χ1n) is 4.63. The maximum absolute atomic E-state index is 6.12. The van der Waals surface area contributed by atoms with Crippen LogP contribution in [0, 0.1) is 11.8 Å². The van der Waals surface area contributed by atoms with Crippen molar-refractivity contribution in [1.29, 1.82) is 0 Å². The molecule has 0 saturated heterocycles. The van der Waals surface area contributed by atoms with Crippen molar-refractivity contribution in [2.24, 2.45) is 17.6 Å². The van der Waals surface area contributed by atoms with E-state index in [4.69, 9.17) is 28.9 Å². The maximum Gasteiger partial charge on any atom is 0.0991 e. The molecule has 80 valence electrons. The van der Waals surface area contributed by atoms with Crippen molar-refractivity contribution >= 4 is 34.5 Å². The molecular weight excluding hydrogens is 237 g/mol. The van der Waals surface area contributed by atoms with Gasteiger partial charge in [0.15, 0.2) is 0 Å². The largest absolute Gasteiger partial charge is 0.324 e. The zero-order chi connectivity index (χ0) is 10.9. The molecule has 0 amide bonds. The zero-order valence-electron chi connectivity index (χ0n) is 8.55. The highest BCUT2D eigenvalue weighted by Gasteiger charge is 2.21. The van der Waals surface area contributed by atoms with Crippen LogP contribution in [-0.4, -0.2) is 0 Å². The quantitative estimate of drug-likeness (QED) is 0.850. The molecule has 2 N–H and O–H groups in total. The van der Waals surface area contributed by atoms with Crippen LogP contribution in [-0.2, 0) is 0 Å². The van der Waals surface area contributed by atoms with Gasteiger partial charge in [0.2, 0.25) is 0 Å². The SMILES string of the molecule is CC(C)C(C)C(N)c1cc(Cl)sc1Cl. The molecule has 1 rings (SSSR count). The molecule has 0 bridgehead atoms. The summed E-state index contributed by atoms with van der Waals surface area (Å²) in [7, 11) is 0. The van der Waals surface area contributed by atoms with Crippen LogP contribution < -0.4 is 5.73 Å². The van der Waals surface area contributed by atoms with E-state index in [0.717, 1.165) is 9.90 Å². The Balaban J connectivity index is 2.88. The van der Waals surface area contributed by atoms with Crippen LogP contribution >= 0.6 is 34.5 Å². The molecule has 0 aliphatic heterocycles. The first kappa shape index (κ1) is 12.3. The van der Waals surface area contributed by atoms with E-state index in [2.05, 4.69) is 20.8 Å². The molecule has 1 nitrogen and oxygen atoms in total. The van der Waals surface area contributed by atoms with Crippen molar-refractivity contribution in [1.82, 2.24) is 0 Å². The summed E-state index contributed by atoms with van der Waals surface area (Å²) < 4.78 is 1.42. The lowest BCUT2D eigenvalue weighted by Gasteiger charge is -2.22. The van der Waals surface area contributed by atoms with Crippen molar-refractivity contribution in [3.8, 4) is 0 Å². The van der Waals surface area contributed by atoms with Crippen LogP contribution in [0.3, 0.4) is 0 Å². The minimum atomic E-state index is -0.0220. The van der Waals surface area contributed by atoms with Crippen LogP contribution in [0.1, 0.15) is 32.4 Å². The molecule has 14 heavy (non-hydrogen) atoms. The lowest BCUT2D eigenvalue weighted by Crippen LogP contribution is -2.22. The monoisotopic (exact) mass is 251 g/mol. The molecular formula is C10H15Cl2NS. The summed E-state index contributed by atoms with van der Waals surface area (Å²) in [4.78, 5) is 0. The number of halogens is 2. The van der Waals surface area contributed by atoms with Crippen molar-refractivity contribution < 1.29 is 0 Å². The molecule has 2 unspecified atom stereocenters. The lowest BCUT2D eigenvalue weighted by atomic mass is 9.88. The topological polar surface area (TPSA) is 26.0 Å². The van der Waals surface area contributed by atoms with E-state index in [-0.39, 0.29) is 6.04 Å². The van der Waals surface area contributed by atoms with Crippen molar-refractivity contribution in [2.75, 3.05) is 0 Å². The average Bonchev–Trinajstić information content (AvgIpc) is 2.42. The number of nitrogens with two attached hydrogens (primary N) is 1. The fraction of sp³-hybridized carbons (Fsp3) is 0.600. The van der Waals surface area contributed by atoms with E-state index < -0.39 is 0 Å². The molecule has 0 saturated carbocycles. The van der Waals surface area contributed by atoms with E-state index in [1.807, 2.05) is 6.07 Å². The van der Waals surface area contributed by atoms with Gasteiger partial charge in [0, 0.05) is 11.6 Å². The Bertz CT molecular complexity index is 309. The second-order valence-corrected chi connectivity index (χ2v) is 6.19. The van der Waals surface area contributed by atoms with Gasteiger partial charge in [0.05, 0.1) is 8.67 Å². The Morgan fingerprint density at radius 1 is 1.29 bits per heavy atom. The van der Waals surface area contributed by atoms with Crippen LogP contribution in [0.4, 0.5) is 0 Å². The van der Waals surface area contributed by atoms with Gasteiger partial charge in [-0.05, 0) is 17.9 Å². The van der Waals surface area contributed by atoms with E-state index in [0.29, 0.717) is 16.2 Å². The summed E-state index contributed by atoms with van der Waals surface area (Å²) in [6.07, 6.45) is 0. The van der Waals surface area contributed by atoms with Crippen molar-refractivity contribution in [2.45, 2.75) is 26.8 Å². The summed E-state index contributed by atoms with van der Waals surface area (Å²) >= 11 is 13.3. The minimum Gasteiger partial charge on any atom is -0.324 e. The third-order valence-corrected chi connectivity index (χ3v) is 4.18. The summed E-state index contributed by atoms with van der Waals surface area (Å²) in [5, 5.41) is 0. The van der Waals surface area contributed by atoms with Crippen molar-refractivity contribution in [3.05, 3.63) is 20.3 Å². The highest BCUT2D eigenvalue weighted by molar-refractivity contribution is 7.20. The first-order valence-corrected chi connectivity index (χ1v) is 6.21. The van der Waals surface area contributed by atoms with Crippen LogP contribution in [0.25, 0.3) is 0 Å². The Kier molecular flexibility index (Phi) is 4.26. The molecule has 0 aliphatic rings. The standard InChI is InChI=1S/C10H15Cl2NS/c1-5(2)6(3)9(13)7-4-8(11)14-10(7)12/h4-6,9H,13H2,1-3H3. The molecule has 0 aromatic carbocycles. The van der Waals surface area contributed by atoms with Gasteiger partial charge < -0.3 is 5.73 Å². The lowest BCUT2D eigenvalue weighted by molar-refractivity contribution is 0.353. The van der Waals surface area contributed by atoms with E-state index >= 15 is 0 Å². The smallest absolute Gasteiger partial charge is 0.0991 e. The summed E-state index contributed by atoms with van der Waals surface area (Å²) in [5.74, 6) is 0.943. The molecule has 1 aromatic rings. The highest BCUT2D eigenvalue weighted by atomic mass is 35.5. The van der Waals surface area contributed by atoms with Crippen LogP contribution in [0.5, 0.6) is 0 Å². The zero-order valence-corrected chi connectivity index (χ0v) is 10.9. The van der Waals surface area contributed by atoms with Gasteiger partial charge in [-0.3, -0.25) is 0 Å². The maximum atomic E-state index is 6.12. The molecule has 1 aromatic heterocycles. The molecule has 1 heterocycles. The second-order valence-electron chi connectivity index (χ2n) is 3.91. The Morgan fingerprint density at radius 2 is 1.86 bits per heavy atom. The second kappa shape index (κ2) is 4.84. The number of hydrogen-bond acceptors (Lipinski definition) is 2. The summed E-state index contributed by atoms with van der Waals surface area (Å²) in [6, 6.07) is 1.85. The first-order chi connectivity index (χ1) is 6.43. The van der Waals surface area contributed by atoms with E-state index in [1.165, 1.54) is 11.3 Å². The van der Waals surface area contributed by atoms with E-state index in [1.54, 1.807) is 0 Å². The highest BCUT2D eigenvalue weighted by Crippen LogP contribution is 2.37. The number of thiophene rings is 1. The summed E-state index contributed by atoms with van der Waals surface area (Å²) in [6.45, 7) is 6.45. The normalized spacial score (nSPS) is 15.9. The Morgan fingerprint density at radius 3 is 2.21 bits per heavy atom. The molecule has 0 fully saturated rings. The fourth-order valence-electron chi connectivity index (χ4n) is 1.28. The van der Waals surface area contributed by atoms with Gasteiger partial charge in [-0.1, -0.05) is 44.0 Å². The van der Waals surface area contributed by atoms with Gasteiger partial charge in [-0.25, -0.2) is 0 Å². The average molecular weight is 252 g/mol. The predicted molar refractivity (Wildman–Crippen MR) is 65.3 cm³/mol. The molecule has 0 spiro atoms. The fourth-order valence-corrected chi connectivity index (χ4v) is 2.85. The van der Waals surface area contributed by atoms with Crippen LogP contribution in [0.15, 0.2) is 6.07 Å². The molecule has 0 radical (unpaired) electrons. The third kappa shape index (κ3) is 2.63. The van der Waals surface area contributed by atoms with Gasteiger partial charge in [0.1, 0.15) is 0 Å². The van der Waals surface area contributed by atoms with E-state index in [9.17, 15) is 0 Å². The Hall–Kier alpha value is 0.240. The molecule has 0 aliphatic carbocycles. The number of rotatable bonds is 3. The summed E-state index contributed by atoms with van der Waals surface area (Å²) in [5.41, 5.74) is 7.09. The van der Waals surface area contributed by atoms with Gasteiger partial charge in [-0.15, -0.1) is 11.3 Å². The van der Waals surface area contributed by atoms with Gasteiger partial charge in [0.25, 0.3) is 0 Å². The number of hydrogen-bond donors (Lipinski definition) is 1. The van der Waals surface area contributed by atoms with Gasteiger partial charge >= 0.3 is 0 Å². The molecule has 4 heteroatoms. The minimum absolute atomic E-state index is 0.0220. The molecule has 2 atom stereocenters. The Labute approximate surface area is 99.2 Å². The van der Waals surface area contributed by atoms with Crippen molar-refractivity contribution in [3.63, 3.8) is 0 Å². The third-order valence-electron chi connectivity index (χ3n) is 2.66. The predicted octanol–water partition coefficient (Wildman–Crippen LogP) is 4.35. The van der Waals surface area contributed by atoms with Crippen LogP contribution in [0.2, 0.25) is 8.67 Å².